The standard InChI is InChI=1S/C7H6N2O2S/c1-3-2-4(10)5-6(7(3)11)9-12-8-5/h2,10-11H,1H3. The number of aromatic nitrogens is 2. The third-order valence-corrected chi connectivity index (χ3v) is 2.21. The van der Waals surface area contributed by atoms with E-state index in [2.05, 4.69) is 8.75 Å². The van der Waals surface area contributed by atoms with Gasteiger partial charge in [0, 0.05) is 0 Å². The van der Waals surface area contributed by atoms with Gasteiger partial charge in [0.25, 0.3) is 0 Å². The summed E-state index contributed by atoms with van der Waals surface area (Å²) in [5, 5.41) is 18.8. The minimum absolute atomic E-state index is 0.0639. The molecular weight excluding hydrogens is 176 g/mol. The van der Waals surface area contributed by atoms with E-state index < -0.39 is 0 Å². The molecule has 5 heteroatoms. The molecule has 0 aliphatic heterocycles. The van der Waals surface area contributed by atoms with Crippen molar-refractivity contribution in [2.45, 2.75) is 6.92 Å². The number of aryl methyl sites for hydroxylation is 1. The van der Waals surface area contributed by atoms with Gasteiger partial charge in [-0.1, -0.05) is 0 Å². The molecule has 0 spiro atoms. The minimum Gasteiger partial charge on any atom is -0.506 e. The summed E-state index contributed by atoms with van der Waals surface area (Å²) in [6.45, 7) is 1.70. The number of nitrogens with zero attached hydrogens (tertiary/aromatic N) is 2. The number of phenolic OH excluding ortho intramolecular Hbond substituents is 2. The van der Waals surface area contributed by atoms with Gasteiger partial charge in [-0.05, 0) is 18.6 Å². The number of hydrogen-bond acceptors (Lipinski definition) is 5. The Labute approximate surface area is 72.4 Å². The second-order valence-corrected chi connectivity index (χ2v) is 3.05. The molecule has 0 saturated carbocycles. The van der Waals surface area contributed by atoms with Gasteiger partial charge in [0.2, 0.25) is 0 Å². The van der Waals surface area contributed by atoms with Crippen LogP contribution < -0.4 is 0 Å². The van der Waals surface area contributed by atoms with Gasteiger partial charge in [-0.25, -0.2) is 0 Å². The van der Waals surface area contributed by atoms with Crippen molar-refractivity contribution >= 4 is 22.8 Å². The Kier molecular flexibility index (Phi) is 1.41. The summed E-state index contributed by atoms with van der Waals surface area (Å²) in [7, 11) is 0. The second kappa shape index (κ2) is 2.31. The highest BCUT2D eigenvalue weighted by atomic mass is 32.1. The van der Waals surface area contributed by atoms with Gasteiger partial charge in [-0.15, -0.1) is 0 Å². The summed E-state index contributed by atoms with van der Waals surface area (Å²) in [5.41, 5.74) is 1.34. The first-order valence-corrected chi connectivity index (χ1v) is 4.07. The molecule has 2 aromatic rings. The van der Waals surface area contributed by atoms with Crippen LogP contribution in [0.3, 0.4) is 0 Å². The lowest BCUT2D eigenvalue weighted by atomic mass is 10.2. The van der Waals surface area contributed by atoms with Gasteiger partial charge in [0.05, 0.1) is 11.7 Å². The zero-order chi connectivity index (χ0) is 8.72. The van der Waals surface area contributed by atoms with E-state index in [0.29, 0.717) is 16.6 Å². The maximum Gasteiger partial charge on any atom is 0.150 e. The van der Waals surface area contributed by atoms with Gasteiger partial charge in [0.15, 0.2) is 5.52 Å². The van der Waals surface area contributed by atoms with E-state index in [1.165, 1.54) is 6.07 Å². The first-order valence-electron chi connectivity index (χ1n) is 3.34. The van der Waals surface area contributed by atoms with Crippen molar-refractivity contribution in [3.8, 4) is 11.5 Å². The molecule has 0 radical (unpaired) electrons. The van der Waals surface area contributed by atoms with Crippen LogP contribution in [0.4, 0.5) is 0 Å². The Bertz CT molecular complexity index is 438. The first-order chi connectivity index (χ1) is 5.70. The molecule has 62 valence electrons. The lowest BCUT2D eigenvalue weighted by Gasteiger charge is -1.99. The molecule has 0 aliphatic rings. The number of rotatable bonds is 0. The molecule has 1 heterocycles. The molecule has 2 N–H and O–H groups in total. The Morgan fingerprint density at radius 2 is 1.92 bits per heavy atom. The van der Waals surface area contributed by atoms with Crippen LogP contribution in [0.1, 0.15) is 5.56 Å². The van der Waals surface area contributed by atoms with E-state index in [9.17, 15) is 10.2 Å². The van der Waals surface area contributed by atoms with Gasteiger partial charge in [-0.2, -0.15) is 8.75 Å². The van der Waals surface area contributed by atoms with Crippen LogP contribution in [0.15, 0.2) is 6.07 Å². The van der Waals surface area contributed by atoms with Crippen molar-refractivity contribution in [2.24, 2.45) is 0 Å². The lowest BCUT2D eigenvalue weighted by Crippen LogP contribution is -1.78. The highest BCUT2D eigenvalue weighted by molar-refractivity contribution is 7.00. The topological polar surface area (TPSA) is 66.2 Å². The SMILES string of the molecule is Cc1cc(O)c2nsnc2c1O. The van der Waals surface area contributed by atoms with Crippen LogP contribution in [-0.4, -0.2) is 19.0 Å². The lowest BCUT2D eigenvalue weighted by molar-refractivity contribution is 0.465. The molecule has 0 unspecified atom stereocenters. The van der Waals surface area contributed by atoms with Crippen molar-refractivity contribution in [1.29, 1.82) is 0 Å². The maximum absolute atomic E-state index is 9.46. The van der Waals surface area contributed by atoms with Gasteiger partial charge >= 0.3 is 0 Å². The summed E-state index contributed by atoms with van der Waals surface area (Å²) in [6.07, 6.45) is 0. The zero-order valence-electron chi connectivity index (χ0n) is 6.27. The summed E-state index contributed by atoms with van der Waals surface area (Å²) in [6, 6.07) is 1.47. The number of benzene rings is 1. The van der Waals surface area contributed by atoms with Crippen LogP contribution in [0.5, 0.6) is 11.5 Å². The number of hydrogen-bond donors (Lipinski definition) is 2. The van der Waals surface area contributed by atoms with E-state index in [-0.39, 0.29) is 11.5 Å². The van der Waals surface area contributed by atoms with Crippen LogP contribution in [0.25, 0.3) is 11.0 Å². The maximum atomic E-state index is 9.46. The average molecular weight is 182 g/mol. The van der Waals surface area contributed by atoms with Crippen LogP contribution in [0.2, 0.25) is 0 Å². The fraction of sp³-hybridized carbons (Fsp3) is 0.143. The third-order valence-electron chi connectivity index (χ3n) is 1.68. The van der Waals surface area contributed by atoms with Gasteiger partial charge in [0.1, 0.15) is 17.0 Å². The van der Waals surface area contributed by atoms with Crippen molar-refractivity contribution in [1.82, 2.24) is 8.75 Å². The average Bonchev–Trinajstić information content (AvgIpc) is 2.48. The van der Waals surface area contributed by atoms with Crippen LogP contribution in [-0.2, 0) is 0 Å². The summed E-state index contributed by atoms with van der Waals surface area (Å²) < 4.78 is 7.70. The quantitative estimate of drug-likeness (QED) is 0.604. The predicted octanol–water partition coefficient (Wildman–Crippen LogP) is 1.41. The third kappa shape index (κ3) is 0.831. The van der Waals surface area contributed by atoms with Gasteiger partial charge < -0.3 is 10.2 Å². The highest BCUT2D eigenvalue weighted by Gasteiger charge is 2.11. The normalized spacial score (nSPS) is 10.8. The van der Waals surface area contributed by atoms with Crippen molar-refractivity contribution in [3.63, 3.8) is 0 Å². The summed E-state index contributed by atoms with van der Waals surface area (Å²) in [5.74, 6) is 0.158. The van der Waals surface area contributed by atoms with Crippen LogP contribution >= 0.6 is 11.7 Å². The van der Waals surface area contributed by atoms with Crippen LogP contribution in [0, 0.1) is 6.92 Å². The largest absolute Gasteiger partial charge is 0.506 e. The molecule has 0 atom stereocenters. The first kappa shape index (κ1) is 7.30. The fourth-order valence-electron chi connectivity index (χ4n) is 1.04. The van der Waals surface area contributed by atoms with Gasteiger partial charge in [-0.3, -0.25) is 0 Å². The molecule has 2 rings (SSSR count). The van der Waals surface area contributed by atoms with E-state index in [0.717, 1.165) is 11.7 Å². The number of phenols is 2. The minimum atomic E-state index is 0.0639. The van der Waals surface area contributed by atoms with E-state index in [1.54, 1.807) is 6.92 Å². The Morgan fingerprint density at radius 1 is 1.25 bits per heavy atom. The smallest absolute Gasteiger partial charge is 0.150 e. The molecule has 0 bridgehead atoms. The zero-order valence-corrected chi connectivity index (χ0v) is 7.09. The fourth-order valence-corrected chi connectivity index (χ4v) is 1.60. The Balaban J connectivity index is 2.97. The Hall–Kier alpha value is -1.36. The van der Waals surface area contributed by atoms with Crippen molar-refractivity contribution in [3.05, 3.63) is 11.6 Å². The molecule has 0 aliphatic carbocycles. The number of fused-ring (bicyclic) bond motifs is 1. The summed E-state index contributed by atoms with van der Waals surface area (Å²) >= 11 is 0.970. The molecule has 1 aromatic heterocycles. The molecule has 12 heavy (non-hydrogen) atoms. The Morgan fingerprint density at radius 3 is 2.67 bits per heavy atom. The molecule has 0 saturated heterocycles. The molecule has 0 fully saturated rings. The van der Waals surface area contributed by atoms with E-state index >= 15 is 0 Å². The molecule has 1 aromatic carbocycles. The monoisotopic (exact) mass is 182 g/mol. The predicted molar refractivity (Wildman–Crippen MR) is 45.5 cm³/mol. The van der Waals surface area contributed by atoms with E-state index in [4.69, 9.17) is 0 Å². The number of aromatic hydroxyl groups is 2. The molecule has 0 amide bonds. The second-order valence-electron chi connectivity index (χ2n) is 2.52. The van der Waals surface area contributed by atoms with Crippen molar-refractivity contribution in [2.75, 3.05) is 0 Å². The molecule has 4 nitrogen and oxygen atoms in total. The van der Waals surface area contributed by atoms with Crippen molar-refractivity contribution < 1.29 is 10.2 Å². The highest BCUT2D eigenvalue weighted by Crippen LogP contribution is 2.32. The van der Waals surface area contributed by atoms with E-state index in [1.807, 2.05) is 0 Å². The summed E-state index contributed by atoms with van der Waals surface area (Å²) in [4.78, 5) is 0. The molecular formula is C7H6N2O2S.